The fourth-order valence-corrected chi connectivity index (χ4v) is 1.28. The molecule has 18 heavy (non-hydrogen) atoms. The Balaban J connectivity index is 2.29. The molecular weight excluding hydrogens is 256 g/mol. The van der Waals surface area contributed by atoms with Crippen molar-refractivity contribution in [3.63, 3.8) is 0 Å². The maximum absolute atomic E-state index is 11.3. The molecule has 1 rings (SSSR count). The van der Waals surface area contributed by atoms with E-state index in [1.54, 1.807) is 24.3 Å². The summed E-state index contributed by atoms with van der Waals surface area (Å²) in [5.74, 6) is 0.410. The van der Waals surface area contributed by atoms with Crippen molar-refractivity contribution in [2.75, 3.05) is 31.0 Å². The van der Waals surface area contributed by atoms with Crippen molar-refractivity contribution >= 4 is 23.4 Å². The van der Waals surface area contributed by atoms with Gasteiger partial charge in [0.1, 0.15) is 6.61 Å². The maximum Gasteiger partial charge on any atom is 0.411 e. The van der Waals surface area contributed by atoms with Gasteiger partial charge in [0.15, 0.2) is 0 Å². The van der Waals surface area contributed by atoms with Crippen LogP contribution >= 0.6 is 11.6 Å². The van der Waals surface area contributed by atoms with Crippen LogP contribution in [-0.2, 0) is 9.47 Å². The summed E-state index contributed by atoms with van der Waals surface area (Å²) in [5.41, 5.74) is 0.985. The topological polar surface area (TPSA) is 71.4 Å². The van der Waals surface area contributed by atoms with E-state index in [-0.39, 0.29) is 6.61 Å². The fourth-order valence-electron chi connectivity index (χ4n) is 1.17. The van der Waals surface area contributed by atoms with Crippen molar-refractivity contribution in [3.05, 3.63) is 29.8 Å². The van der Waals surface area contributed by atoms with Crippen molar-refractivity contribution in [1.82, 2.24) is 0 Å². The number of nitrogens with one attached hydrogen (secondary N) is 1. The molecule has 1 N–H and O–H groups in total. The van der Waals surface area contributed by atoms with Gasteiger partial charge in [-0.3, -0.25) is 5.32 Å². The molecule has 0 atom stereocenters. The predicted molar refractivity (Wildman–Crippen MR) is 67.7 cm³/mol. The van der Waals surface area contributed by atoms with Crippen molar-refractivity contribution in [2.45, 2.75) is 0 Å². The van der Waals surface area contributed by atoms with E-state index in [0.717, 1.165) is 0 Å². The lowest BCUT2D eigenvalue weighted by atomic mass is 10.2. The number of nitrogens with zero attached hydrogens (tertiary/aromatic N) is 1. The van der Waals surface area contributed by atoms with Crippen LogP contribution in [0.4, 0.5) is 10.5 Å². The first-order valence-corrected chi connectivity index (χ1v) is 5.87. The van der Waals surface area contributed by atoms with Gasteiger partial charge in [-0.05, 0) is 18.2 Å². The number of nitriles is 1. The lowest BCUT2D eigenvalue weighted by molar-refractivity contribution is 0.0859. The molecule has 0 saturated heterocycles. The van der Waals surface area contributed by atoms with E-state index in [2.05, 4.69) is 5.32 Å². The highest BCUT2D eigenvalue weighted by atomic mass is 35.5. The van der Waals surface area contributed by atoms with Gasteiger partial charge in [-0.2, -0.15) is 5.26 Å². The fraction of sp³-hybridized carbons (Fsp3) is 0.333. The highest BCUT2D eigenvalue weighted by Gasteiger charge is 2.03. The van der Waals surface area contributed by atoms with E-state index in [0.29, 0.717) is 30.3 Å². The Kier molecular flexibility index (Phi) is 6.62. The van der Waals surface area contributed by atoms with E-state index in [9.17, 15) is 4.79 Å². The van der Waals surface area contributed by atoms with Crippen molar-refractivity contribution in [1.29, 1.82) is 5.26 Å². The van der Waals surface area contributed by atoms with Crippen molar-refractivity contribution < 1.29 is 14.3 Å². The van der Waals surface area contributed by atoms with Gasteiger partial charge in [0.05, 0.1) is 24.8 Å². The molecule has 0 fully saturated rings. The summed E-state index contributed by atoms with van der Waals surface area (Å²) in [5, 5.41) is 11.2. The Labute approximate surface area is 110 Å². The molecule has 0 heterocycles. The molecule has 96 valence electrons. The van der Waals surface area contributed by atoms with Crippen molar-refractivity contribution in [2.24, 2.45) is 0 Å². The Hall–Kier alpha value is -1.77. The second-order valence-electron chi connectivity index (χ2n) is 3.25. The number of alkyl halides is 1. The van der Waals surface area contributed by atoms with Crippen LogP contribution in [0.15, 0.2) is 24.3 Å². The molecule has 0 unspecified atom stereocenters. The molecule has 0 spiro atoms. The molecule has 0 aliphatic rings. The lowest BCUT2D eigenvalue weighted by Gasteiger charge is -2.07. The number of anilines is 1. The highest BCUT2D eigenvalue weighted by molar-refractivity contribution is 6.17. The summed E-state index contributed by atoms with van der Waals surface area (Å²) in [7, 11) is 0. The van der Waals surface area contributed by atoms with E-state index < -0.39 is 6.09 Å². The first-order valence-electron chi connectivity index (χ1n) is 5.34. The lowest BCUT2D eigenvalue weighted by Crippen LogP contribution is -2.17. The normalized spacial score (nSPS) is 9.56. The summed E-state index contributed by atoms with van der Waals surface area (Å²) in [6.45, 7) is 0.885. The van der Waals surface area contributed by atoms with Gasteiger partial charge < -0.3 is 9.47 Å². The number of hydrogen-bond donors (Lipinski definition) is 1. The zero-order valence-electron chi connectivity index (χ0n) is 9.69. The molecular formula is C12H13ClN2O3. The first-order chi connectivity index (χ1) is 8.76. The van der Waals surface area contributed by atoms with E-state index in [4.69, 9.17) is 26.3 Å². The van der Waals surface area contributed by atoms with Crippen LogP contribution in [0, 0.1) is 11.3 Å². The number of amides is 1. The molecule has 6 heteroatoms. The van der Waals surface area contributed by atoms with E-state index in [1.807, 2.05) is 6.07 Å². The molecule has 1 aromatic carbocycles. The van der Waals surface area contributed by atoms with Gasteiger partial charge in [0.2, 0.25) is 0 Å². The minimum atomic E-state index is -0.584. The van der Waals surface area contributed by atoms with E-state index >= 15 is 0 Å². The first kappa shape index (κ1) is 14.3. The number of carbonyl (C=O) groups excluding carboxylic acids is 1. The van der Waals surface area contributed by atoms with E-state index in [1.165, 1.54) is 0 Å². The van der Waals surface area contributed by atoms with Gasteiger partial charge in [-0.15, -0.1) is 11.6 Å². The van der Waals surface area contributed by atoms with Gasteiger partial charge >= 0.3 is 6.09 Å². The largest absolute Gasteiger partial charge is 0.447 e. The molecule has 0 bridgehead atoms. The number of benzene rings is 1. The smallest absolute Gasteiger partial charge is 0.411 e. The zero-order chi connectivity index (χ0) is 13.2. The number of carbonyl (C=O) groups is 1. The molecule has 0 saturated carbocycles. The SMILES string of the molecule is N#Cc1cccc(NC(=O)OCCOCCCl)c1. The van der Waals surface area contributed by atoms with Crippen LogP contribution in [0.2, 0.25) is 0 Å². The summed E-state index contributed by atoms with van der Waals surface area (Å²) < 4.78 is 9.90. The monoisotopic (exact) mass is 268 g/mol. The Morgan fingerprint density at radius 1 is 1.39 bits per heavy atom. The summed E-state index contributed by atoms with van der Waals surface area (Å²) in [4.78, 5) is 11.3. The highest BCUT2D eigenvalue weighted by Crippen LogP contribution is 2.09. The molecule has 0 radical (unpaired) electrons. The summed E-state index contributed by atoms with van der Waals surface area (Å²) in [6, 6.07) is 8.54. The van der Waals surface area contributed by atoms with Crippen LogP contribution < -0.4 is 5.32 Å². The Morgan fingerprint density at radius 2 is 2.22 bits per heavy atom. The van der Waals surface area contributed by atoms with Gasteiger partial charge in [-0.25, -0.2) is 4.79 Å². The van der Waals surface area contributed by atoms with Crippen LogP contribution in [0.5, 0.6) is 0 Å². The molecule has 0 aliphatic heterocycles. The zero-order valence-corrected chi connectivity index (χ0v) is 10.4. The third-order valence-corrected chi connectivity index (χ3v) is 2.07. The minimum absolute atomic E-state index is 0.153. The van der Waals surface area contributed by atoms with Crippen LogP contribution in [0.3, 0.4) is 0 Å². The minimum Gasteiger partial charge on any atom is -0.447 e. The number of ether oxygens (including phenoxy) is 2. The predicted octanol–water partition coefficient (Wildman–Crippen LogP) is 2.36. The van der Waals surface area contributed by atoms with Gasteiger partial charge in [-0.1, -0.05) is 6.07 Å². The van der Waals surface area contributed by atoms with Crippen LogP contribution in [0.25, 0.3) is 0 Å². The summed E-state index contributed by atoms with van der Waals surface area (Å²) >= 11 is 5.41. The molecule has 0 aromatic heterocycles. The van der Waals surface area contributed by atoms with Crippen molar-refractivity contribution in [3.8, 4) is 6.07 Å². The second-order valence-corrected chi connectivity index (χ2v) is 3.63. The second kappa shape index (κ2) is 8.34. The quantitative estimate of drug-likeness (QED) is 0.635. The number of rotatable bonds is 6. The van der Waals surface area contributed by atoms with Gasteiger partial charge in [0.25, 0.3) is 0 Å². The average Bonchev–Trinajstić information content (AvgIpc) is 2.38. The molecule has 1 amide bonds. The van der Waals surface area contributed by atoms with Gasteiger partial charge in [0, 0.05) is 11.6 Å². The molecule has 5 nitrogen and oxygen atoms in total. The maximum atomic E-state index is 11.3. The Bertz CT molecular complexity index is 432. The standard InChI is InChI=1S/C12H13ClN2O3/c13-4-5-17-6-7-18-12(16)15-11-3-1-2-10(8-11)9-14/h1-3,8H,4-7H2,(H,15,16). The van der Waals surface area contributed by atoms with Crippen LogP contribution in [-0.4, -0.2) is 31.8 Å². The molecule has 1 aromatic rings. The molecule has 0 aliphatic carbocycles. The number of halogens is 1. The average molecular weight is 269 g/mol. The summed E-state index contributed by atoms with van der Waals surface area (Å²) in [6.07, 6.45) is -0.584. The van der Waals surface area contributed by atoms with Crippen LogP contribution in [0.1, 0.15) is 5.56 Å². The number of hydrogen-bond acceptors (Lipinski definition) is 4. The Morgan fingerprint density at radius 3 is 2.94 bits per heavy atom. The third kappa shape index (κ3) is 5.53. The third-order valence-electron chi connectivity index (χ3n) is 1.92.